The molecule has 1 nitrogen and oxygen atoms in total. The molecule has 0 aliphatic heterocycles. The molecule has 2 fully saturated rings. The van der Waals surface area contributed by atoms with Crippen molar-refractivity contribution in [3.63, 3.8) is 0 Å². The highest BCUT2D eigenvalue weighted by Gasteiger charge is 2.51. The molecule has 0 saturated heterocycles. The molecule has 0 N–H and O–H groups in total. The van der Waals surface area contributed by atoms with Crippen LogP contribution in [0.2, 0.25) is 0 Å². The number of carbonyl (C=O) groups excluding carboxylic acids is 1. The van der Waals surface area contributed by atoms with Gasteiger partial charge >= 0.3 is 0 Å². The van der Waals surface area contributed by atoms with Crippen LogP contribution < -0.4 is 0 Å². The standard InChI is InChI=1S/C19H34O/c1-5-16(13-20)9-8-15(3)18-11-10-17-14(2)7-6-12-19(17,18)4/h13-18H,5-12H2,1-4H3/t14-,15?,16?,17?,18?,19-/m0/s1. The molecule has 0 bridgehead atoms. The Hall–Kier alpha value is -0.330. The van der Waals surface area contributed by atoms with Gasteiger partial charge in [0.2, 0.25) is 0 Å². The van der Waals surface area contributed by atoms with Crippen LogP contribution in [0.3, 0.4) is 0 Å². The van der Waals surface area contributed by atoms with E-state index in [4.69, 9.17) is 0 Å². The highest BCUT2D eigenvalue weighted by atomic mass is 16.1. The molecule has 6 atom stereocenters. The van der Waals surface area contributed by atoms with E-state index in [0.717, 1.165) is 36.5 Å². The zero-order chi connectivity index (χ0) is 14.8. The van der Waals surface area contributed by atoms with Crippen molar-refractivity contribution in [2.45, 2.75) is 79.1 Å². The molecule has 1 heteroatoms. The van der Waals surface area contributed by atoms with Gasteiger partial charge in [-0.25, -0.2) is 0 Å². The van der Waals surface area contributed by atoms with Crippen LogP contribution in [0, 0.1) is 35.0 Å². The van der Waals surface area contributed by atoms with Gasteiger partial charge in [0.05, 0.1) is 0 Å². The van der Waals surface area contributed by atoms with Crippen molar-refractivity contribution in [1.82, 2.24) is 0 Å². The van der Waals surface area contributed by atoms with Crippen LogP contribution in [0.15, 0.2) is 0 Å². The van der Waals surface area contributed by atoms with Crippen molar-refractivity contribution < 1.29 is 4.79 Å². The first kappa shape index (κ1) is 16.0. The fraction of sp³-hybridized carbons (Fsp3) is 0.947. The maximum Gasteiger partial charge on any atom is 0.123 e. The minimum Gasteiger partial charge on any atom is -0.303 e. The molecule has 0 spiro atoms. The molecule has 2 aliphatic rings. The summed E-state index contributed by atoms with van der Waals surface area (Å²) in [6.07, 6.45) is 11.8. The average Bonchev–Trinajstić information content (AvgIpc) is 2.78. The SMILES string of the molecule is CCC(C=O)CCC(C)C1CCC2[C@@H](C)CCC[C@]12C. The summed E-state index contributed by atoms with van der Waals surface area (Å²) in [5, 5.41) is 0. The van der Waals surface area contributed by atoms with Crippen molar-refractivity contribution in [2.75, 3.05) is 0 Å². The number of rotatable bonds is 6. The molecule has 2 rings (SSSR count). The molecule has 2 aliphatic carbocycles. The van der Waals surface area contributed by atoms with Gasteiger partial charge in [0.1, 0.15) is 6.29 Å². The predicted molar refractivity (Wildman–Crippen MR) is 85.6 cm³/mol. The zero-order valence-electron chi connectivity index (χ0n) is 14.0. The third-order valence-corrected chi connectivity index (χ3v) is 6.94. The molecular weight excluding hydrogens is 244 g/mol. The Bertz CT molecular complexity index is 324. The van der Waals surface area contributed by atoms with Gasteiger partial charge in [0, 0.05) is 5.92 Å². The largest absolute Gasteiger partial charge is 0.303 e. The lowest BCUT2D eigenvalue weighted by molar-refractivity contribution is -0.111. The van der Waals surface area contributed by atoms with Crippen molar-refractivity contribution in [3.05, 3.63) is 0 Å². The number of carbonyl (C=O) groups is 1. The van der Waals surface area contributed by atoms with Crippen molar-refractivity contribution in [1.29, 1.82) is 0 Å². The number of hydrogen-bond donors (Lipinski definition) is 0. The van der Waals surface area contributed by atoms with E-state index >= 15 is 0 Å². The number of aldehydes is 1. The average molecular weight is 278 g/mol. The van der Waals surface area contributed by atoms with E-state index < -0.39 is 0 Å². The molecule has 116 valence electrons. The van der Waals surface area contributed by atoms with E-state index in [1.165, 1.54) is 44.8 Å². The Morgan fingerprint density at radius 3 is 2.65 bits per heavy atom. The summed E-state index contributed by atoms with van der Waals surface area (Å²) in [5.74, 6) is 3.90. The summed E-state index contributed by atoms with van der Waals surface area (Å²) in [4.78, 5) is 11.0. The first-order valence-electron chi connectivity index (χ1n) is 8.98. The Morgan fingerprint density at radius 1 is 1.25 bits per heavy atom. The molecule has 0 heterocycles. The smallest absolute Gasteiger partial charge is 0.123 e. The maximum absolute atomic E-state index is 11.0. The molecule has 0 aromatic heterocycles. The fourth-order valence-electron chi connectivity index (χ4n) is 5.59. The molecule has 4 unspecified atom stereocenters. The van der Waals surface area contributed by atoms with Gasteiger partial charge < -0.3 is 4.79 Å². The fourth-order valence-corrected chi connectivity index (χ4v) is 5.59. The normalized spacial score (nSPS) is 40.1. The molecule has 0 amide bonds. The third-order valence-electron chi connectivity index (χ3n) is 6.94. The van der Waals surface area contributed by atoms with Crippen LogP contribution in [-0.2, 0) is 4.79 Å². The first-order chi connectivity index (χ1) is 9.52. The van der Waals surface area contributed by atoms with Gasteiger partial charge in [-0.15, -0.1) is 0 Å². The van der Waals surface area contributed by atoms with Crippen molar-refractivity contribution in [2.24, 2.45) is 35.0 Å². The van der Waals surface area contributed by atoms with Crippen molar-refractivity contribution in [3.8, 4) is 0 Å². The van der Waals surface area contributed by atoms with E-state index in [-0.39, 0.29) is 0 Å². The van der Waals surface area contributed by atoms with E-state index in [2.05, 4.69) is 27.7 Å². The molecule has 0 aromatic carbocycles. The van der Waals surface area contributed by atoms with E-state index in [9.17, 15) is 4.79 Å². The molecule has 0 aromatic rings. The van der Waals surface area contributed by atoms with Gasteiger partial charge in [-0.2, -0.15) is 0 Å². The van der Waals surface area contributed by atoms with Crippen LogP contribution in [0.4, 0.5) is 0 Å². The Morgan fingerprint density at radius 2 is 2.00 bits per heavy atom. The number of fused-ring (bicyclic) bond motifs is 1. The molecule has 0 radical (unpaired) electrons. The second kappa shape index (κ2) is 6.62. The number of hydrogen-bond acceptors (Lipinski definition) is 1. The van der Waals surface area contributed by atoms with Crippen LogP contribution in [0.5, 0.6) is 0 Å². The van der Waals surface area contributed by atoms with Crippen LogP contribution in [0.1, 0.15) is 79.1 Å². The minimum atomic E-state index is 0.299. The van der Waals surface area contributed by atoms with E-state index in [1.54, 1.807) is 0 Å². The monoisotopic (exact) mass is 278 g/mol. The third kappa shape index (κ3) is 2.97. The van der Waals surface area contributed by atoms with Gasteiger partial charge in [-0.05, 0) is 67.6 Å². The minimum absolute atomic E-state index is 0.299. The van der Waals surface area contributed by atoms with Crippen LogP contribution in [-0.4, -0.2) is 6.29 Å². The topological polar surface area (TPSA) is 17.1 Å². The lowest BCUT2D eigenvalue weighted by atomic mass is 9.59. The highest BCUT2D eigenvalue weighted by Crippen LogP contribution is 2.59. The lowest BCUT2D eigenvalue weighted by Gasteiger charge is -2.46. The predicted octanol–water partition coefficient (Wildman–Crippen LogP) is 5.48. The van der Waals surface area contributed by atoms with Gasteiger partial charge in [-0.3, -0.25) is 0 Å². The summed E-state index contributed by atoms with van der Waals surface area (Å²) in [6.45, 7) is 9.65. The van der Waals surface area contributed by atoms with Gasteiger partial charge in [0.25, 0.3) is 0 Å². The first-order valence-corrected chi connectivity index (χ1v) is 8.98. The highest BCUT2D eigenvalue weighted by molar-refractivity contribution is 5.53. The van der Waals surface area contributed by atoms with E-state index in [0.29, 0.717) is 11.3 Å². The van der Waals surface area contributed by atoms with Crippen LogP contribution in [0.25, 0.3) is 0 Å². The van der Waals surface area contributed by atoms with Crippen LogP contribution >= 0.6 is 0 Å². The van der Waals surface area contributed by atoms with Gasteiger partial charge in [-0.1, -0.05) is 40.5 Å². The second-order valence-electron chi connectivity index (χ2n) is 8.02. The Kier molecular flexibility index (Phi) is 5.31. The Balaban J connectivity index is 1.96. The second-order valence-corrected chi connectivity index (χ2v) is 8.02. The maximum atomic E-state index is 11.0. The summed E-state index contributed by atoms with van der Waals surface area (Å²) in [6, 6.07) is 0. The zero-order valence-corrected chi connectivity index (χ0v) is 14.0. The molecule has 20 heavy (non-hydrogen) atoms. The molecule has 2 saturated carbocycles. The summed E-state index contributed by atoms with van der Waals surface area (Å²) in [7, 11) is 0. The summed E-state index contributed by atoms with van der Waals surface area (Å²) >= 11 is 0. The summed E-state index contributed by atoms with van der Waals surface area (Å²) in [5.41, 5.74) is 0.597. The van der Waals surface area contributed by atoms with Gasteiger partial charge in [0.15, 0.2) is 0 Å². The lowest BCUT2D eigenvalue weighted by Crippen LogP contribution is -2.38. The summed E-state index contributed by atoms with van der Waals surface area (Å²) < 4.78 is 0. The molecular formula is C19H34O. The quantitative estimate of drug-likeness (QED) is 0.588. The van der Waals surface area contributed by atoms with E-state index in [1.807, 2.05) is 0 Å². The Labute approximate surface area is 125 Å². The van der Waals surface area contributed by atoms with Crippen molar-refractivity contribution >= 4 is 6.29 Å².